The largest absolute Gasteiger partial charge is 0.305 e. The minimum Gasteiger partial charge on any atom is -0.305 e. The first-order valence-corrected chi connectivity index (χ1v) is 5.63. The van der Waals surface area contributed by atoms with Gasteiger partial charge in [0.15, 0.2) is 5.82 Å². The number of nitro groups is 1. The van der Waals surface area contributed by atoms with Gasteiger partial charge in [0.1, 0.15) is 5.02 Å². The molecular weight excluding hydrogens is 272 g/mol. The third kappa shape index (κ3) is 2.71. The number of halogens is 1. The molecule has 0 aliphatic carbocycles. The van der Waals surface area contributed by atoms with Gasteiger partial charge in [-0.1, -0.05) is 17.7 Å². The highest BCUT2D eigenvalue weighted by Gasteiger charge is 2.20. The summed E-state index contributed by atoms with van der Waals surface area (Å²) in [7, 11) is 0. The molecule has 19 heavy (non-hydrogen) atoms. The fourth-order valence-corrected chi connectivity index (χ4v) is 1.78. The monoisotopic (exact) mass is 280 g/mol. The Morgan fingerprint density at radius 2 is 2.26 bits per heavy atom. The summed E-state index contributed by atoms with van der Waals surface area (Å²) in [5, 5.41) is 19.5. The van der Waals surface area contributed by atoms with E-state index in [-0.39, 0.29) is 16.3 Å². The Labute approximate surface area is 112 Å². The number of H-pyrrole nitrogens is 1. The number of amides is 1. The van der Waals surface area contributed by atoms with Crippen LogP contribution in [-0.2, 0) is 0 Å². The Kier molecular flexibility index (Phi) is 3.48. The predicted octanol–water partition coefficient (Wildman–Crippen LogP) is 2.53. The van der Waals surface area contributed by atoms with Gasteiger partial charge in [-0.2, -0.15) is 5.10 Å². The molecule has 0 saturated heterocycles. The van der Waals surface area contributed by atoms with Crippen LogP contribution in [0.25, 0.3) is 0 Å². The second-order valence-corrected chi connectivity index (χ2v) is 4.16. The first-order chi connectivity index (χ1) is 8.99. The zero-order valence-corrected chi connectivity index (χ0v) is 10.6. The van der Waals surface area contributed by atoms with E-state index < -0.39 is 10.8 Å². The maximum Gasteiger partial charge on any atom is 0.288 e. The van der Waals surface area contributed by atoms with Crippen molar-refractivity contribution in [1.82, 2.24) is 10.2 Å². The number of carbonyl (C=O) groups is 1. The lowest BCUT2D eigenvalue weighted by atomic mass is 10.2. The van der Waals surface area contributed by atoms with Crippen molar-refractivity contribution in [3.63, 3.8) is 0 Å². The summed E-state index contributed by atoms with van der Waals surface area (Å²) in [5.41, 5.74) is 0.490. The molecule has 98 valence electrons. The van der Waals surface area contributed by atoms with Gasteiger partial charge in [-0.05, 0) is 13.0 Å². The van der Waals surface area contributed by atoms with Crippen LogP contribution >= 0.6 is 11.6 Å². The number of nitrogens with one attached hydrogen (secondary N) is 2. The molecule has 0 spiro atoms. The summed E-state index contributed by atoms with van der Waals surface area (Å²) in [4.78, 5) is 22.0. The number of benzene rings is 1. The minimum atomic E-state index is -0.641. The minimum absolute atomic E-state index is 0.0246. The normalized spacial score (nSPS) is 10.2. The van der Waals surface area contributed by atoms with Crippen LogP contribution in [0.2, 0.25) is 5.02 Å². The average Bonchev–Trinajstić information content (AvgIpc) is 2.74. The highest BCUT2D eigenvalue weighted by Crippen LogP contribution is 2.28. The number of aromatic nitrogens is 2. The van der Waals surface area contributed by atoms with Crippen LogP contribution in [-0.4, -0.2) is 21.0 Å². The zero-order chi connectivity index (χ0) is 14.0. The fourth-order valence-electron chi connectivity index (χ4n) is 1.50. The second kappa shape index (κ2) is 5.07. The molecule has 0 bridgehead atoms. The number of hydrogen-bond donors (Lipinski definition) is 2. The number of aryl methyl sites for hydroxylation is 1. The lowest BCUT2D eigenvalue weighted by molar-refractivity contribution is -0.384. The van der Waals surface area contributed by atoms with Gasteiger partial charge in [0.05, 0.1) is 10.5 Å². The van der Waals surface area contributed by atoms with Crippen molar-refractivity contribution in [3.05, 3.63) is 50.7 Å². The van der Waals surface area contributed by atoms with Gasteiger partial charge in [-0.25, -0.2) is 0 Å². The molecule has 0 unspecified atom stereocenters. The molecular formula is C11H9ClN4O3. The number of nitrogens with zero attached hydrogens (tertiary/aromatic N) is 2. The summed E-state index contributed by atoms with van der Waals surface area (Å²) >= 11 is 5.84. The molecule has 2 N–H and O–H groups in total. The second-order valence-electron chi connectivity index (χ2n) is 3.79. The van der Waals surface area contributed by atoms with Crippen LogP contribution in [0.4, 0.5) is 11.5 Å². The van der Waals surface area contributed by atoms with Gasteiger partial charge < -0.3 is 5.32 Å². The summed E-state index contributed by atoms with van der Waals surface area (Å²) in [6.45, 7) is 1.78. The van der Waals surface area contributed by atoms with Gasteiger partial charge in [-0.3, -0.25) is 20.0 Å². The molecule has 0 fully saturated rings. The number of aromatic amines is 1. The van der Waals surface area contributed by atoms with Gasteiger partial charge in [0.25, 0.3) is 11.6 Å². The van der Waals surface area contributed by atoms with Crippen molar-refractivity contribution in [2.75, 3.05) is 5.32 Å². The fraction of sp³-hybridized carbons (Fsp3) is 0.0909. The zero-order valence-electron chi connectivity index (χ0n) is 9.81. The average molecular weight is 281 g/mol. The standard InChI is InChI=1S/C11H9ClN4O3/c1-6-5-9(15-14-6)13-11(17)7-3-2-4-8(10(7)12)16(18)19/h2-5H,1H3,(H2,13,14,15,17). The molecule has 1 heterocycles. The lowest BCUT2D eigenvalue weighted by Crippen LogP contribution is -2.13. The first-order valence-electron chi connectivity index (χ1n) is 5.25. The van der Waals surface area contributed by atoms with Crippen LogP contribution in [0.15, 0.2) is 24.3 Å². The van der Waals surface area contributed by atoms with Crippen LogP contribution in [0.5, 0.6) is 0 Å². The number of rotatable bonds is 3. The summed E-state index contributed by atoms with van der Waals surface area (Å²) in [6, 6.07) is 5.67. The predicted molar refractivity (Wildman–Crippen MR) is 69.4 cm³/mol. The Morgan fingerprint density at radius 1 is 1.53 bits per heavy atom. The topological polar surface area (TPSA) is 101 Å². The van der Waals surface area contributed by atoms with Gasteiger partial charge >= 0.3 is 0 Å². The Balaban J connectivity index is 2.29. The molecule has 0 saturated carbocycles. The van der Waals surface area contributed by atoms with Crippen molar-refractivity contribution in [3.8, 4) is 0 Å². The summed E-state index contributed by atoms with van der Waals surface area (Å²) in [6.07, 6.45) is 0. The van der Waals surface area contributed by atoms with Crippen LogP contribution < -0.4 is 5.32 Å². The van der Waals surface area contributed by atoms with Crippen LogP contribution in [0.3, 0.4) is 0 Å². The number of nitro benzene ring substituents is 1. The molecule has 8 heteroatoms. The first kappa shape index (κ1) is 13.0. The van der Waals surface area contributed by atoms with E-state index in [2.05, 4.69) is 15.5 Å². The van der Waals surface area contributed by atoms with E-state index in [1.165, 1.54) is 18.2 Å². The van der Waals surface area contributed by atoms with Crippen LogP contribution in [0.1, 0.15) is 16.1 Å². The van der Waals surface area contributed by atoms with Gasteiger partial charge in [0, 0.05) is 17.8 Å². The summed E-state index contributed by atoms with van der Waals surface area (Å²) < 4.78 is 0. The molecule has 0 aliphatic heterocycles. The Morgan fingerprint density at radius 3 is 2.84 bits per heavy atom. The third-order valence-corrected chi connectivity index (χ3v) is 2.76. The van der Waals surface area contributed by atoms with E-state index in [0.29, 0.717) is 5.82 Å². The van der Waals surface area contributed by atoms with Gasteiger partial charge in [-0.15, -0.1) is 0 Å². The molecule has 0 atom stereocenters. The Bertz CT molecular complexity index is 653. The lowest BCUT2D eigenvalue weighted by Gasteiger charge is -2.04. The smallest absolute Gasteiger partial charge is 0.288 e. The van der Waals surface area contributed by atoms with E-state index in [9.17, 15) is 14.9 Å². The quantitative estimate of drug-likeness (QED) is 0.666. The molecule has 2 rings (SSSR count). The van der Waals surface area contributed by atoms with Crippen molar-refractivity contribution in [1.29, 1.82) is 0 Å². The van der Waals surface area contributed by atoms with E-state index in [1.54, 1.807) is 13.0 Å². The molecule has 2 aromatic rings. The molecule has 1 aromatic carbocycles. The number of carbonyl (C=O) groups excluding carboxylic acids is 1. The molecule has 0 aliphatic rings. The maximum absolute atomic E-state index is 11.9. The molecule has 1 aromatic heterocycles. The molecule has 0 radical (unpaired) electrons. The molecule has 1 amide bonds. The van der Waals surface area contributed by atoms with E-state index >= 15 is 0 Å². The highest BCUT2D eigenvalue weighted by molar-refractivity contribution is 6.36. The van der Waals surface area contributed by atoms with E-state index in [4.69, 9.17) is 11.6 Å². The number of anilines is 1. The van der Waals surface area contributed by atoms with Crippen molar-refractivity contribution in [2.24, 2.45) is 0 Å². The van der Waals surface area contributed by atoms with Crippen molar-refractivity contribution >= 4 is 29.0 Å². The SMILES string of the molecule is Cc1cc(NC(=O)c2cccc([N+](=O)[O-])c2Cl)n[nH]1. The molecule has 7 nitrogen and oxygen atoms in total. The van der Waals surface area contributed by atoms with Crippen molar-refractivity contribution < 1.29 is 9.72 Å². The third-order valence-electron chi connectivity index (χ3n) is 2.37. The Hall–Kier alpha value is -2.41. The van der Waals surface area contributed by atoms with E-state index in [1.807, 2.05) is 0 Å². The highest BCUT2D eigenvalue weighted by atomic mass is 35.5. The van der Waals surface area contributed by atoms with Crippen LogP contribution in [0, 0.1) is 17.0 Å². The van der Waals surface area contributed by atoms with Gasteiger partial charge in [0.2, 0.25) is 0 Å². The number of hydrogen-bond acceptors (Lipinski definition) is 4. The van der Waals surface area contributed by atoms with Crippen molar-refractivity contribution in [2.45, 2.75) is 6.92 Å². The summed E-state index contributed by atoms with van der Waals surface area (Å²) in [5.74, 6) is -0.231. The maximum atomic E-state index is 11.9. The van der Waals surface area contributed by atoms with E-state index in [0.717, 1.165) is 5.69 Å².